The van der Waals surface area contributed by atoms with E-state index in [0.29, 0.717) is 6.54 Å². The molecule has 2 amide bonds. The summed E-state index contributed by atoms with van der Waals surface area (Å²) < 4.78 is 0. The fourth-order valence-electron chi connectivity index (χ4n) is 1.11. The highest BCUT2D eigenvalue weighted by atomic mass is 32.1. The maximum atomic E-state index is 11.7. The Morgan fingerprint density at radius 2 is 1.87 bits per heavy atom. The van der Waals surface area contributed by atoms with E-state index in [2.05, 4.69) is 12.6 Å². The van der Waals surface area contributed by atoms with Gasteiger partial charge in [-0.3, -0.25) is 9.59 Å². The molecule has 0 rings (SSSR count). The lowest BCUT2D eigenvalue weighted by molar-refractivity contribution is -0.138. The molecule has 1 atom stereocenters. The van der Waals surface area contributed by atoms with Gasteiger partial charge in [0.2, 0.25) is 11.8 Å². The van der Waals surface area contributed by atoms with Crippen LogP contribution in [-0.2, 0) is 9.59 Å². The van der Waals surface area contributed by atoms with E-state index in [-0.39, 0.29) is 23.6 Å². The Bertz CT molecular complexity index is 229. The monoisotopic (exact) mass is 232 g/mol. The van der Waals surface area contributed by atoms with Crippen LogP contribution < -0.4 is 0 Å². The van der Waals surface area contributed by atoms with E-state index in [4.69, 9.17) is 0 Å². The molecule has 0 saturated heterocycles. The largest absolute Gasteiger partial charge is 0.347 e. The highest BCUT2D eigenvalue weighted by Crippen LogP contribution is 2.02. The van der Waals surface area contributed by atoms with Crippen molar-refractivity contribution >= 4 is 24.4 Å². The fourth-order valence-corrected chi connectivity index (χ4v) is 1.27. The molecule has 15 heavy (non-hydrogen) atoms. The van der Waals surface area contributed by atoms with Crippen LogP contribution in [0.15, 0.2) is 0 Å². The molecule has 0 spiro atoms. The minimum absolute atomic E-state index is 0.0641. The Hall–Kier alpha value is -0.710. The minimum Gasteiger partial charge on any atom is -0.347 e. The number of amides is 2. The number of hydrogen-bond acceptors (Lipinski definition) is 3. The van der Waals surface area contributed by atoms with Crippen molar-refractivity contribution in [1.82, 2.24) is 9.80 Å². The summed E-state index contributed by atoms with van der Waals surface area (Å²) in [6, 6.07) is 0. The van der Waals surface area contributed by atoms with Crippen molar-refractivity contribution in [2.75, 3.05) is 27.2 Å². The van der Waals surface area contributed by atoms with Crippen molar-refractivity contribution in [2.45, 2.75) is 25.5 Å². The van der Waals surface area contributed by atoms with Crippen molar-refractivity contribution in [3.8, 4) is 0 Å². The Balaban J connectivity index is 4.40. The number of hydrogen-bond donors (Lipinski definition) is 1. The van der Waals surface area contributed by atoms with Gasteiger partial charge in [-0.2, -0.15) is 12.6 Å². The predicted molar refractivity (Wildman–Crippen MR) is 64.0 cm³/mol. The summed E-state index contributed by atoms with van der Waals surface area (Å²) in [6.07, 6.45) is 0.840. The van der Waals surface area contributed by atoms with Crippen LogP contribution in [0.5, 0.6) is 0 Å². The van der Waals surface area contributed by atoms with Crippen LogP contribution >= 0.6 is 12.6 Å². The normalized spacial score (nSPS) is 12.1. The molecule has 0 bridgehead atoms. The molecule has 0 radical (unpaired) electrons. The minimum atomic E-state index is -0.355. The quantitative estimate of drug-likeness (QED) is 0.706. The van der Waals surface area contributed by atoms with Crippen LogP contribution in [0.25, 0.3) is 0 Å². The van der Waals surface area contributed by atoms with E-state index in [0.717, 1.165) is 6.42 Å². The molecule has 0 aliphatic rings. The number of carbonyl (C=O) groups is 2. The predicted octanol–water partition coefficient (Wildman–Crippen LogP) is 0.632. The van der Waals surface area contributed by atoms with Crippen LogP contribution in [0.1, 0.15) is 20.3 Å². The van der Waals surface area contributed by atoms with E-state index in [1.165, 1.54) is 4.90 Å². The Morgan fingerprint density at radius 3 is 2.20 bits per heavy atom. The van der Waals surface area contributed by atoms with Gasteiger partial charge >= 0.3 is 0 Å². The fraction of sp³-hybridized carbons (Fsp3) is 0.800. The van der Waals surface area contributed by atoms with Crippen molar-refractivity contribution in [3.05, 3.63) is 0 Å². The lowest BCUT2D eigenvalue weighted by Crippen LogP contribution is -2.43. The molecule has 0 heterocycles. The average molecular weight is 232 g/mol. The number of carbonyl (C=O) groups excluding carboxylic acids is 2. The highest BCUT2D eigenvalue weighted by molar-refractivity contribution is 7.81. The zero-order valence-corrected chi connectivity index (χ0v) is 10.8. The second-order valence-electron chi connectivity index (χ2n) is 3.72. The van der Waals surface area contributed by atoms with Crippen LogP contribution in [0.4, 0.5) is 0 Å². The number of nitrogens with zero attached hydrogens (tertiary/aromatic N) is 2. The van der Waals surface area contributed by atoms with Crippen molar-refractivity contribution in [1.29, 1.82) is 0 Å². The van der Waals surface area contributed by atoms with Gasteiger partial charge in [-0.1, -0.05) is 6.92 Å². The average Bonchev–Trinajstić information content (AvgIpc) is 2.15. The third kappa shape index (κ3) is 5.06. The van der Waals surface area contributed by atoms with Crippen LogP contribution in [-0.4, -0.2) is 54.0 Å². The summed E-state index contributed by atoms with van der Waals surface area (Å²) in [6.45, 7) is 4.44. The van der Waals surface area contributed by atoms with Crippen LogP contribution in [0.3, 0.4) is 0 Å². The van der Waals surface area contributed by atoms with E-state index in [1.807, 2.05) is 6.92 Å². The number of likely N-dealkylation sites (N-methyl/N-ethyl adjacent to an activating group) is 1. The molecule has 0 aliphatic heterocycles. The molecular formula is C10H20N2O2S. The number of rotatable bonds is 5. The van der Waals surface area contributed by atoms with E-state index >= 15 is 0 Å². The van der Waals surface area contributed by atoms with Gasteiger partial charge in [0.15, 0.2) is 0 Å². The van der Waals surface area contributed by atoms with Crippen molar-refractivity contribution in [2.24, 2.45) is 0 Å². The second-order valence-corrected chi connectivity index (χ2v) is 4.50. The first kappa shape index (κ1) is 14.3. The molecule has 5 heteroatoms. The standard InChI is InChI=1S/C10H20N2O2S/c1-5-6-12(10(14)8(2)15)7-9(13)11(3)4/h8,15H,5-7H2,1-4H3. The second kappa shape index (κ2) is 6.71. The van der Waals surface area contributed by atoms with E-state index in [1.54, 1.807) is 25.9 Å². The molecule has 0 aromatic heterocycles. The van der Waals surface area contributed by atoms with Gasteiger partial charge in [-0.05, 0) is 13.3 Å². The molecule has 0 aliphatic carbocycles. The van der Waals surface area contributed by atoms with Gasteiger partial charge < -0.3 is 9.80 Å². The molecule has 0 aromatic carbocycles. The summed E-state index contributed by atoms with van der Waals surface area (Å²) in [5.41, 5.74) is 0. The van der Waals surface area contributed by atoms with Gasteiger partial charge in [-0.25, -0.2) is 0 Å². The Kier molecular flexibility index (Phi) is 6.40. The third-order valence-electron chi connectivity index (χ3n) is 1.99. The Morgan fingerprint density at radius 1 is 1.33 bits per heavy atom. The van der Waals surface area contributed by atoms with Crippen molar-refractivity contribution < 1.29 is 9.59 Å². The lowest BCUT2D eigenvalue weighted by Gasteiger charge is -2.24. The molecule has 0 fully saturated rings. The first-order valence-corrected chi connectivity index (χ1v) is 5.58. The number of thiol groups is 1. The van der Waals surface area contributed by atoms with E-state index < -0.39 is 0 Å². The third-order valence-corrected chi connectivity index (χ3v) is 2.21. The topological polar surface area (TPSA) is 40.6 Å². The summed E-state index contributed by atoms with van der Waals surface area (Å²) in [7, 11) is 3.36. The molecule has 4 nitrogen and oxygen atoms in total. The smallest absolute Gasteiger partial charge is 0.241 e. The zero-order valence-electron chi connectivity index (χ0n) is 9.86. The molecule has 88 valence electrons. The molecule has 0 N–H and O–H groups in total. The maximum Gasteiger partial charge on any atom is 0.241 e. The SMILES string of the molecule is CCCN(CC(=O)N(C)C)C(=O)C(C)S. The van der Waals surface area contributed by atoms with Crippen LogP contribution in [0.2, 0.25) is 0 Å². The van der Waals surface area contributed by atoms with Gasteiger partial charge in [0, 0.05) is 20.6 Å². The summed E-state index contributed by atoms with van der Waals surface area (Å²) >= 11 is 4.08. The highest BCUT2D eigenvalue weighted by Gasteiger charge is 2.20. The summed E-state index contributed by atoms with van der Waals surface area (Å²) in [5, 5.41) is -0.355. The molecule has 0 aromatic rings. The maximum absolute atomic E-state index is 11.7. The van der Waals surface area contributed by atoms with Gasteiger partial charge in [0.1, 0.15) is 0 Å². The first-order chi connectivity index (χ1) is 6.90. The molecular weight excluding hydrogens is 212 g/mol. The van der Waals surface area contributed by atoms with Crippen molar-refractivity contribution in [3.63, 3.8) is 0 Å². The first-order valence-electron chi connectivity index (χ1n) is 5.07. The van der Waals surface area contributed by atoms with Gasteiger partial charge in [0.05, 0.1) is 11.8 Å². The summed E-state index contributed by atoms with van der Waals surface area (Å²) in [5.74, 6) is -0.152. The van der Waals surface area contributed by atoms with E-state index in [9.17, 15) is 9.59 Å². The van der Waals surface area contributed by atoms with Gasteiger partial charge in [-0.15, -0.1) is 0 Å². The summed E-state index contributed by atoms with van der Waals surface area (Å²) in [4.78, 5) is 26.2. The molecule has 0 saturated carbocycles. The lowest BCUT2D eigenvalue weighted by atomic mass is 10.3. The zero-order chi connectivity index (χ0) is 12.0. The molecule has 1 unspecified atom stereocenters. The van der Waals surface area contributed by atoms with Crippen LogP contribution in [0, 0.1) is 0 Å². The Labute approximate surface area is 97.0 Å². The van der Waals surface area contributed by atoms with Gasteiger partial charge in [0.25, 0.3) is 0 Å².